The Kier molecular flexibility index (Phi) is 6.50. The SMILES string of the molecule is CC(=O)NC1CC(C(C)(C)CC2CN(CCN(C)C)C(=O)N2C(C)(C)C)C1. The quantitative estimate of drug-likeness (QED) is 0.739. The van der Waals surface area contributed by atoms with Crippen LogP contribution in [-0.4, -0.2) is 78.0 Å². The van der Waals surface area contributed by atoms with Gasteiger partial charge in [-0.15, -0.1) is 0 Å². The predicted octanol–water partition coefficient (Wildman–Crippen LogP) is 2.78. The molecule has 0 aromatic heterocycles. The van der Waals surface area contributed by atoms with Gasteiger partial charge in [0.2, 0.25) is 5.91 Å². The smallest absolute Gasteiger partial charge is 0.320 e. The van der Waals surface area contributed by atoms with E-state index >= 15 is 0 Å². The molecular weight excluding hydrogens is 340 g/mol. The largest absolute Gasteiger partial charge is 0.354 e. The average Bonchev–Trinajstić information content (AvgIpc) is 2.74. The molecule has 0 spiro atoms. The Morgan fingerprint density at radius 2 is 1.78 bits per heavy atom. The molecule has 0 radical (unpaired) electrons. The van der Waals surface area contributed by atoms with E-state index < -0.39 is 0 Å². The summed E-state index contributed by atoms with van der Waals surface area (Å²) in [7, 11) is 4.09. The molecule has 2 fully saturated rings. The zero-order valence-electron chi connectivity index (χ0n) is 18.6. The van der Waals surface area contributed by atoms with Crippen molar-refractivity contribution in [1.29, 1.82) is 0 Å². The number of nitrogens with zero attached hydrogens (tertiary/aromatic N) is 3. The first-order valence-electron chi connectivity index (χ1n) is 10.3. The first-order valence-corrected chi connectivity index (χ1v) is 10.3. The molecule has 0 aromatic rings. The van der Waals surface area contributed by atoms with Crippen LogP contribution in [-0.2, 0) is 4.79 Å². The summed E-state index contributed by atoms with van der Waals surface area (Å²) >= 11 is 0. The van der Waals surface area contributed by atoms with Crippen LogP contribution in [0.15, 0.2) is 0 Å². The zero-order chi connectivity index (χ0) is 20.6. The van der Waals surface area contributed by atoms with Crippen molar-refractivity contribution in [2.24, 2.45) is 11.3 Å². The Hall–Kier alpha value is -1.30. The Labute approximate surface area is 165 Å². The molecular formula is C21H40N4O2. The second kappa shape index (κ2) is 7.98. The van der Waals surface area contributed by atoms with Crippen molar-refractivity contribution in [2.75, 3.05) is 33.7 Å². The topological polar surface area (TPSA) is 55.9 Å². The maximum absolute atomic E-state index is 13.1. The van der Waals surface area contributed by atoms with E-state index in [1.165, 1.54) is 0 Å². The first-order chi connectivity index (χ1) is 12.3. The molecule has 0 bridgehead atoms. The number of carbonyl (C=O) groups excluding carboxylic acids is 2. The molecule has 3 amide bonds. The lowest BCUT2D eigenvalue weighted by Gasteiger charge is -2.48. The van der Waals surface area contributed by atoms with Crippen LogP contribution in [0.1, 0.15) is 60.8 Å². The molecule has 2 rings (SSSR count). The van der Waals surface area contributed by atoms with Crippen LogP contribution in [0.2, 0.25) is 0 Å². The van der Waals surface area contributed by atoms with Gasteiger partial charge in [-0.1, -0.05) is 13.8 Å². The van der Waals surface area contributed by atoms with Crippen molar-refractivity contribution >= 4 is 11.9 Å². The van der Waals surface area contributed by atoms with E-state index in [9.17, 15) is 9.59 Å². The highest BCUT2D eigenvalue weighted by Gasteiger charge is 2.48. The van der Waals surface area contributed by atoms with Crippen LogP contribution >= 0.6 is 0 Å². The number of hydrogen-bond acceptors (Lipinski definition) is 3. The minimum Gasteiger partial charge on any atom is -0.354 e. The molecule has 1 unspecified atom stereocenters. The predicted molar refractivity (Wildman–Crippen MR) is 110 cm³/mol. The van der Waals surface area contributed by atoms with Gasteiger partial charge in [-0.05, 0) is 65.5 Å². The van der Waals surface area contributed by atoms with E-state index in [2.05, 4.69) is 49.7 Å². The van der Waals surface area contributed by atoms with Gasteiger partial charge in [0, 0.05) is 38.1 Å². The molecule has 27 heavy (non-hydrogen) atoms. The van der Waals surface area contributed by atoms with Crippen LogP contribution < -0.4 is 5.32 Å². The van der Waals surface area contributed by atoms with Crippen LogP contribution in [0.25, 0.3) is 0 Å². The fraction of sp³-hybridized carbons (Fsp3) is 0.905. The molecule has 0 aromatic carbocycles. The number of hydrogen-bond donors (Lipinski definition) is 1. The standard InChI is InChI=1S/C21H40N4O2/c1-15(26)22-17-11-16(12-17)21(5,6)13-18-14-24(10-9-23(7)8)19(27)25(18)20(2,3)4/h16-18H,9-14H2,1-8H3,(H,22,26). The van der Waals surface area contributed by atoms with Crippen molar-refractivity contribution in [3.63, 3.8) is 0 Å². The normalized spacial score (nSPS) is 26.6. The van der Waals surface area contributed by atoms with E-state index in [4.69, 9.17) is 0 Å². The summed E-state index contributed by atoms with van der Waals surface area (Å²) in [5.74, 6) is 0.662. The van der Waals surface area contributed by atoms with Crippen molar-refractivity contribution in [2.45, 2.75) is 78.4 Å². The summed E-state index contributed by atoms with van der Waals surface area (Å²) in [6, 6.07) is 0.747. The van der Waals surface area contributed by atoms with Gasteiger partial charge in [0.05, 0.1) is 6.04 Å². The van der Waals surface area contributed by atoms with E-state index in [0.29, 0.717) is 12.0 Å². The maximum Gasteiger partial charge on any atom is 0.320 e. The number of urea groups is 1. The summed E-state index contributed by atoms with van der Waals surface area (Å²) < 4.78 is 0. The lowest BCUT2D eigenvalue weighted by atomic mass is 9.62. The number of likely N-dealkylation sites (N-methyl/N-ethyl adjacent to an activating group) is 1. The van der Waals surface area contributed by atoms with Crippen LogP contribution in [0.4, 0.5) is 4.79 Å². The van der Waals surface area contributed by atoms with E-state index in [1.807, 2.05) is 19.0 Å². The second-order valence-electron chi connectivity index (χ2n) is 10.5. The summed E-state index contributed by atoms with van der Waals surface area (Å²) in [5, 5.41) is 3.03. The maximum atomic E-state index is 13.1. The molecule has 2 aliphatic rings. The minimum absolute atomic E-state index is 0.0630. The average molecular weight is 381 g/mol. The fourth-order valence-corrected chi connectivity index (χ4v) is 4.66. The molecule has 1 atom stereocenters. The molecule has 1 heterocycles. The van der Waals surface area contributed by atoms with Gasteiger partial charge in [-0.3, -0.25) is 4.79 Å². The van der Waals surface area contributed by atoms with Crippen molar-refractivity contribution in [3.05, 3.63) is 0 Å². The van der Waals surface area contributed by atoms with E-state index in [0.717, 1.165) is 38.9 Å². The zero-order valence-corrected chi connectivity index (χ0v) is 18.6. The summed E-state index contributed by atoms with van der Waals surface area (Å²) in [4.78, 5) is 30.6. The van der Waals surface area contributed by atoms with Gasteiger partial charge in [-0.2, -0.15) is 0 Å². The van der Waals surface area contributed by atoms with Gasteiger partial charge in [0.25, 0.3) is 0 Å². The minimum atomic E-state index is -0.178. The summed E-state index contributed by atoms with van der Waals surface area (Å²) in [5.41, 5.74) is -0.0238. The lowest BCUT2D eigenvalue weighted by Crippen LogP contribution is -2.52. The highest BCUT2D eigenvalue weighted by molar-refractivity contribution is 5.78. The third kappa shape index (κ3) is 5.37. The fourth-order valence-electron chi connectivity index (χ4n) is 4.66. The number of carbonyl (C=O) groups is 2. The molecule has 1 aliphatic heterocycles. The van der Waals surface area contributed by atoms with Crippen molar-refractivity contribution < 1.29 is 9.59 Å². The monoisotopic (exact) mass is 380 g/mol. The van der Waals surface area contributed by atoms with Crippen molar-refractivity contribution in [1.82, 2.24) is 20.0 Å². The molecule has 156 valence electrons. The Bertz CT molecular complexity index is 547. The first kappa shape index (κ1) is 22.0. The molecule has 1 aliphatic carbocycles. The van der Waals surface area contributed by atoms with Gasteiger partial charge < -0.3 is 20.0 Å². The second-order valence-corrected chi connectivity index (χ2v) is 10.5. The third-order valence-corrected chi connectivity index (χ3v) is 6.23. The van der Waals surface area contributed by atoms with Gasteiger partial charge in [-0.25, -0.2) is 4.79 Å². The van der Waals surface area contributed by atoms with Crippen LogP contribution in [0.5, 0.6) is 0 Å². The van der Waals surface area contributed by atoms with E-state index in [-0.39, 0.29) is 28.9 Å². The van der Waals surface area contributed by atoms with E-state index in [1.54, 1.807) is 6.92 Å². The highest BCUT2D eigenvalue weighted by Crippen LogP contribution is 2.46. The Morgan fingerprint density at radius 3 is 2.26 bits per heavy atom. The van der Waals surface area contributed by atoms with Gasteiger partial charge >= 0.3 is 6.03 Å². The number of nitrogens with one attached hydrogen (secondary N) is 1. The highest BCUT2D eigenvalue weighted by atomic mass is 16.2. The van der Waals surface area contributed by atoms with Gasteiger partial charge in [0.1, 0.15) is 0 Å². The molecule has 6 nitrogen and oxygen atoms in total. The molecule has 1 saturated carbocycles. The van der Waals surface area contributed by atoms with Crippen LogP contribution in [0.3, 0.4) is 0 Å². The summed E-state index contributed by atoms with van der Waals surface area (Å²) in [6.07, 6.45) is 3.10. The Balaban J connectivity index is 2.03. The summed E-state index contributed by atoms with van der Waals surface area (Å²) in [6.45, 7) is 15.1. The lowest BCUT2D eigenvalue weighted by molar-refractivity contribution is -0.121. The molecule has 6 heteroatoms. The van der Waals surface area contributed by atoms with Crippen molar-refractivity contribution in [3.8, 4) is 0 Å². The third-order valence-electron chi connectivity index (χ3n) is 6.23. The van der Waals surface area contributed by atoms with Crippen LogP contribution in [0, 0.1) is 11.3 Å². The molecule has 1 N–H and O–H groups in total. The van der Waals surface area contributed by atoms with Gasteiger partial charge in [0.15, 0.2) is 0 Å². The number of amides is 3. The number of rotatable bonds is 7. The Morgan fingerprint density at radius 1 is 1.19 bits per heavy atom. The molecule has 1 saturated heterocycles.